The number of unbranched alkanes of at least 4 members (excludes halogenated alkanes) is 13. The first-order valence-electron chi connectivity index (χ1n) is 13.8. The van der Waals surface area contributed by atoms with Gasteiger partial charge in [0.25, 0.3) is 0 Å². The molecule has 0 spiro atoms. The van der Waals surface area contributed by atoms with E-state index in [4.69, 9.17) is 0 Å². The predicted octanol–water partition coefficient (Wildman–Crippen LogP) is 7.81. The van der Waals surface area contributed by atoms with Gasteiger partial charge < -0.3 is 15.4 Å². The maximum atomic E-state index is 11.8. The van der Waals surface area contributed by atoms with Crippen molar-refractivity contribution in [2.75, 3.05) is 24.3 Å². The van der Waals surface area contributed by atoms with Gasteiger partial charge in [0.1, 0.15) is 6.33 Å². The molecule has 204 valence electrons. The molecule has 1 aromatic heterocycles. The van der Waals surface area contributed by atoms with Crippen LogP contribution in [0.25, 0.3) is 0 Å². The van der Waals surface area contributed by atoms with Gasteiger partial charge in [-0.3, -0.25) is 10.1 Å². The molecule has 0 saturated carbocycles. The first-order valence-corrected chi connectivity index (χ1v) is 13.8. The number of benzene rings is 1. The minimum atomic E-state index is -0.487. The first kappa shape index (κ1) is 30.0. The predicted molar refractivity (Wildman–Crippen MR) is 149 cm³/mol. The highest BCUT2D eigenvalue weighted by Gasteiger charge is 2.23. The van der Waals surface area contributed by atoms with Crippen LogP contribution in [0.2, 0.25) is 0 Å². The number of methoxy groups -OCH3 is 1. The zero-order valence-electron chi connectivity index (χ0n) is 22.5. The van der Waals surface area contributed by atoms with E-state index in [1.807, 2.05) is 0 Å². The zero-order chi connectivity index (χ0) is 26.7. The van der Waals surface area contributed by atoms with Crippen molar-refractivity contribution in [3.8, 4) is 0 Å². The highest BCUT2D eigenvalue weighted by molar-refractivity contribution is 5.89. The monoisotopic (exact) mass is 513 g/mol. The van der Waals surface area contributed by atoms with Crippen molar-refractivity contribution in [1.82, 2.24) is 9.97 Å². The summed E-state index contributed by atoms with van der Waals surface area (Å²) in [5, 5.41) is 17.8. The lowest BCUT2D eigenvalue weighted by atomic mass is 10.0. The van der Waals surface area contributed by atoms with Crippen LogP contribution in [0.15, 0.2) is 30.6 Å². The number of hydrogen-bond acceptors (Lipinski definition) is 8. The number of nitro groups is 1. The number of aromatic nitrogens is 2. The molecule has 0 radical (unpaired) electrons. The fourth-order valence-electron chi connectivity index (χ4n) is 4.24. The molecule has 0 aliphatic rings. The lowest BCUT2D eigenvalue weighted by Crippen LogP contribution is -2.09. The Balaban J connectivity index is 1.67. The molecule has 0 atom stereocenters. The first-order chi connectivity index (χ1) is 18.1. The minimum Gasteiger partial charge on any atom is -0.465 e. The van der Waals surface area contributed by atoms with Crippen LogP contribution in [0.4, 0.5) is 23.0 Å². The molecule has 0 fully saturated rings. The lowest BCUT2D eigenvalue weighted by molar-refractivity contribution is -0.383. The number of nitrogens with one attached hydrogen (secondary N) is 2. The van der Waals surface area contributed by atoms with Gasteiger partial charge in [0.15, 0.2) is 0 Å². The Morgan fingerprint density at radius 3 is 1.86 bits per heavy atom. The number of ether oxygens (including phenoxy) is 1. The molecule has 37 heavy (non-hydrogen) atoms. The topological polar surface area (TPSA) is 119 Å². The average Bonchev–Trinajstić information content (AvgIpc) is 2.90. The largest absolute Gasteiger partial charge is 0.465 e. The molecular formula is C28H43N5O4. The van der Waals surface area contributed by atoms with Crippen LogP contribution >= 0.6 is 0 Å². The van der Waals surface area contributed by atoms with Gasteiger partial charge in [0.2, 0.25) is 11.6 Å². The fourth-order valence-corrected chi connectivity index (χ4v) is 4.24. The SMILES string of the molecule is CCCCCCCCCCCCCCCCNc1ncnc(Nc2ccc(C(=O)OC)cc2)c1[N+](=O)[O-]. The molecule has 0 unspecified atom stereocenters. The van der Waals surface area contributed by atoms with E-state index in [0.29, 0.717) is 17.8 Å². The van der Waals surface area contributed by atoms with Crippen LogP contribution < -0.4 is 10.6 Å². The summed E-state index contributed by atoms with van der Waals surface area (Å²) in [5.41, 5.74) is 0.748. The molecule has 2 aromatic rings. The van der Waals surface area contributed by atoms with Crippen molar-refractivity contribution in [3.05, 3.63) is 46.3 Å². The third-order valence-electron chi connectivity index (χ3n) is 6.40. The van der Waals surface area contributed by atoms with Gasteiger partial charge in [-0.15, -0.1) is 0 Å². The van der Waals surface area contributed by atoms with E-state index in [1.165, 1.54) is 90.5 Å². The number of esters is 1. The van der Waals surface area contributed by atoms with Crippen LogP contribution in [-0.2, 0) is 4.74 Å². The third kappa shape index (κ3) is 11.6. The Bertz CT molecular complexity index is 937. The molecule has 1 aromatic carbocycles. The summed E-state index contributed by atoms with van der Waals surface area (Å²) in [6.45, 7) is 2.87. The molecular weight excluding hydrogens is 470 g/mol. The summed E-state index contributed by atoms with van der Waals surface area (Å²) < 4.78 is 4.69. The van der Waals surface area contributed by atoms with Gasteiger partial charge in [-0.1, -0.05) is 90.4 Å². The smallest absolute Gasteiger partial charge is 0.353 e. The summed E-state index contributed by atoms with van der Waals surface area (Å²) in [7, 11) is 1.31. The van der Waals surface area contributed by atoms with Crippen molar-refractivity contribution >= 4 is 29.0 Å². The summed E-state index contributed by atoms with van der Waals surface area (Å²) >= 11 is 0. The van der Waals surface area contributed by atoms with Crippen LogP contribution in [0.1, 0.15) is 107 Å². The van der Waals surface area contributed by atoms with Crippen molar-refractivity contribution in [1.29, 1.82) is 0 Å². The number of hydrogen-bond donors (Lipinski definition) is 2. The maximum Gasteiger partial charge on any atom is 0.353 e. The van der Waals surface area contributed by atoms with Crippen molar-refractivity contribution in [3.63, 3.8) is 0 Å². The van der Waals surface area contributed by atoms with Gasteiger partial charge >= 0.3 is 11.7 Å². The Hall–Kier alpha value is -3.23. The molecule has 0 bridgehead atoms. The quantitative estimate of drug-likeness (QED) is 0.0796. The Morgan fingerprint density at radius 1 is 0.838 bits per heavy atom. The molecule has 0 saturated heterocycles. The Kier molecular flexibility index (Phi) is 14.7. The molecule has 0 aliphatic heterocycles. The highest BCUT2D eigenvalue weighted by Crippen LogP contribution is 2.31. The van der Waals surface area contributed by atoms with Gasteiger partial charge in [0, 0.05) is 12.2 Å². The molecule has 0 amide bonds. The van der Waals surface area contributed by atoms with Gasteiger partial charge in [-0.05, 0) is 30.7 Å². The van der Waals surface area contributed by atoms with Gasteiger partial charge in [0.05, 0.1) is 17.6 Å². The molecule has 9 heteroatoms. The maximum absolute atomic E-state index is 11.8. The zero-order valence-corrected chi connectivity index (χ0v) is 22.5. The lowest BCUT2D eigenvalue weighted by Gasteiger charge is -2.10. The standard InChI is InChI=1S/C28H43N5O4/c1-3-4-5-6-7-8-9-10-11-12-13-14-15-16-21-29-26-25(33(35)36)27(31-22-30-26)32-24-19-17-23(18-20-24)28(34)37-2/h17-20,22H,3-16,21H2,1-2H3,(H2,29,30,31,32). The second-order valence-electron chi connectivity index (χ2n) is 9.39. The molecule has 2 rings (SSSR count). The second kappa shape index (κ2) is 18.1. The number of carbonyl (C=O) groups is 1. The summed E-state index contributed by atoms with van der Waals surface area (Å²) in [6.07, 6.45) is 19.3. The van der Waals surface area contributed by atoms with E-state index in [9.17, 15) is 14.9 Å². The van der Waals surface area contributed by atoms with E-state index in [1.54, 1.807) is 24.3 Å². The van der Waals surface area contributed by atoms with Gasteiger partial charge in [-0.2, -0.15) is 0 Å². The van der Waals surface area contributed by atoms with Crippen molar-refractivity contribution in [2.24, 2.45) is 0 Å². The summed E-state index contributed by atoms with van der Waals surface area (Å²) in [5.74, 6) is -0.160. The van der Waals surface area contributed by atoms with Crippen molar-refractivity contribution in [2.45, 2.75) is 96.8 Å². The minimum absolute atomic E-state index is 0.0919. The average molecular weight is 514 g/mol. The van der Waals surface area contributed by atoms with Crippen molar-refractivity contribution < 1.29 is 14.5 Å². The molecule has 0 aliphatic carbocycles. The molecule has 9 nitrogen and oxygen atoms in total. The van der Waals surface area contributed by atoms with Crippen LogP contribution in [0, 0.1) is 10.1 Å². The normalized spacial score (nSPS) is 10.8. The van der Waals surface area contributed by atoms with Crippen LogP contribution in [0.5, 0.6) is 0 Å². The Morgan fingerprint density at radius 2 is 1.35 bits per heavy atom. The van der Waals surface area contributed by atoms with Crippen LogP contribution in [0.3, 0.4) is 0 Å². The Labute approximate surface area is 221 Å². The summed E-state index contributed by atoms with van der Waals surface area (Å²) in [6, 6.07) is 6.44. The number of rotatable bonds is 20. The van der Waals surface area contributed by atoms with E-state index < -0.39 is 10.9 Å². The van der Waals surface area contributed by atoms with E-state index >= 15 is 0 Å². The molecule has 2 N–H and O–H groups in total. The van der Waals surface area contributed by atoms with E-state index in [0.717, 1.165) is 12.8 Å². The summed E-state index contributed by atoms with van der Waals surface area (Å²) in [4.78, 5) is 31.0. The number of anilines is 3. The van der Waals surface area contributed by atoms with E-state index in [2.05, 4.69) is 32.3 Å². The third-order valence-corrected chi connectivity index (χ3v) is 6.40. The highest BCUT2D eigenvalue weighted by atomic mass is 16.6. The molecule has 1 heterocycles. The van der Waals surface area contributed by atoms with Gasteiger partial charge in [-0.25, -0.2) is 14.8 Å². The number of carbonyl (C=O) groups excluding carboxylic acids is 1. The van der Waals surface area contributed by atoms with Crippen LogP contribution in [-0.4, -0.2) is 34.5 Å². The van der Waals surface area contributed by atoms with E-state index in [-0.39, 0.29) is 17.3 Å². The fraction of sp³-hybridized carbons (Fsp3) is 0.607. The number of nitrogens with zero attached hydrogens (tertiary/aromatic N) is 3. The second-order valence-corrected chi connectivity index (χ2v) is 9.39.